The summed E-state index contributed by atoms with van der Waals surface area (Å²) in [5.74, 6) is 0.875. The maximum atomic E-state index is 9.88. The Balaban J connectivity index is 1.60. The monoisotopic (exact) mass is 443 g/mol. The van der Waals surface area contributed by atoms with E-state index in [-0.39, 0.29) is 11.8 Å². The average Bonchev–Trinajstić information content (AvgIpc) is 3.48. The normalized spacial score (nSPS) is 20.5. The lowest BCUT2D eigenvalue weighted by Gasteiger charge is -2.38. The minimum absolute atomic E-state index is 0.168. The molecule has 0 radical (unpaired) electrons. The van der Waals surface area contributed by atoms with Gasteiger partial charge in [0.05, 0.1) is 5.92 Å². The lowest BCUT2D eigenvalue weighted by atomic mass is 9.83. The predicted molar refractivity (Wildman–Crippen MR) is 126 cm³/mol. The van der Waals surface area contributed by atoms with Crippen LogP contribution in [0.4, 0.5) is 0 Å². The van der Waals surface area contributed by atoms with Crippen LogP contribution < -0.4 is 5.73 Å². The van der Waals surface area contributed by atoms with Gasteiger partial charge >= 0.3 is 0 Å². The first-order valence-corrected chi connectivity index (χ1v) is 11.8. The van der Waals surface area contributed by atoms with Gasteiger partial charge in [-0.05, 0) is 34.5 Å². The third-order valence-electron chi connectivity index (χ3n) is 5.54. The zero-order chi connectivity index (χ0) is 21.2. The second kappa shape index (κ2) is 8.56. The molecular formula is C25H21N3OS2. The highest BCUT2D eigenvalue weighted by Gasteiger charge is 2.38. The van der Waals surface area contributed by atoms with E-state index in [2.05, 4.69) is 64.9 Å². The summed E-state index contributed by atoms with van der Waals surface area (Å²) >= 11 is 3.35. The lowest BCUT2D eigenvalue weighted by Crippen LogP contribution is -2.37. The third kappa shape index (κ3) is 3.96. The van der Waals surface area contributed by atoms with Crippen molar-refractivity contribution in [3.8, 4) is 6.07 Å². The average molecular weight is 444 g/mol. The Morgan fingerprint density at radius 2 is 1.87 bits per heavy atom. The predicted octanol–water partition coefficient (Wildman–Crippen LogP) is 5.47. The number of rotatable bonds is 4. The van der Waals surface area contributed by atoms with Crippen LogP contribution in [0, 0.1) is 11.3 Å². The fraction of sp³-hybridized carbons (Fsp3) is 0.160. The molecule has 3 aromatic rings. The second-order valence-electron chi connectivity index (χ2n) is 7.61. The summed E-state index contributed by atoms with van der Waals surface area (Å²) in [6.45, 7) is 2.32. The number of nitrogens with two attached hydrogens (primary N) is 1. The molecule has 4 nitrogen and oxygen atoms in total. The van der Waals surface area contributed by atoms with Gasteiger partial charge in [-0.25, -0.2) is 0 Å². The van der Waals surface area contributed by atoms with Crippen LogP contribution in [0.1, 0.15) is 21.2 Å². The number of benzene rings is 1. The van der Waals surface area contributed by atoms with Crippen molar-refractivity contribution < 1.29 is 4.74 Å². The van der Waals surface area contributed by atoms with Gasteiger partial charge in [-0.2, -0.15) is 5.26 Å². The number of nitriles is 1. The highest BCUT2D eigenvalue weighted by molar-refractivity contribution is 7.10. The molecule has 6 heteroatoms. The molecule has 5 rings (SSSR count). The van der Waals surface area contributed by atoms with Gasteiger partial charge in [0, 0.05) is 40.5 Å². The Kier molecular flexibility index (Phi) is 5.47. The first-order chi connectivity index (χ1) is 15.2. The maximum absolute atomic E-state index is 9.88. The Bertz CT molecular complexity index is 1200. The summed E-state index contributed by atoms with van der Waals surface area (Å²) in [5, 5.41) is 14.0. The molecule has 31 heavy (non-hydrogen) atoms. The van der Waals surface area contributed by atoms with Crippen molar-refractivity contribution in [1.82, 2.24) is 4.90 Å². The molecule has 0 saturated carbocycles. The van der Waals surface area contributed by atoms with E-state index in [1.54, 1.807) is 22.7 Å². The molecule has 0 amide bonds. The fourth-order valence-electron chi connectivity index (χ4n) is 4.22. The smallest absolute Gasteiger partial charge is 0.205 e. The van der Waals surface area contributed by atoms with Crippen LogP contribution in [0.15, 0.2) is 93.7 Å². The number of ether oxygens (including phenoxy) is 1. The van der Waals surface area contributed by atoms with Crippen LogP contribution in [0.2, 0.25) is 0 Å². The van der Waals surface area contributed by atoms with Crippen LogP contribution in [-0.4, -0.2) is 18.0 Å². The van der Waals surface area contributed by atoms with Gasteiger partial charge < -0.3 is 10.5 Å². The Hall–Kier alpha value is -3.11. The fourth-order valence-corrected chi connectivity index (χ4v) is 5.77. The zero-order valence-electron chi connectivity index (χ0n) is 16.8. The van der Waals surface area contributed by atoms with Gasteiger partial charge in [-0.1, -0.05) is 42.5 Å². The molecular weight excluding hydrogens is 422 g/mol. The highest BCUT2D eigenvalue weighted by Crippen LogP contribution is 2.45. The van der Waals surface area contributed by atoms with E-state index in [1.807, 2.05) is 17.5 Å². The number of allylic oxidation sites excluding steroid dienone is 1. The minimum Gasteiger partial charge on any atom is -0.440 e. The molecule has 0 aliphatic carbocycles. The summed E-state index contributed by atoms with van der Waals surface area (Å²) in [5.41, 5.74) is 10.2. The largest absolute Gasteiger partial charge is 0.440 e. The Labute approximate surface area is 189 Å². The van der Waals surface area contributed by atoms with Crippen molar-refractivity contribution in [2.45, 2.75) is 12.5 Å². The molecule has 2 N–H and O–H groups in total. The molecule has 0 unspecified atom stereocenters. The van der Waals surface area contributed by atoms with Crippen LogP contribution in [0.5, 0.6) is 0 Å². The van der Waals surface area contributed by atoms with Gasteiger partial charge in [0.25, 0.3) is 0 Å². The number of nitrogens with zero attached hydrogens (tertiary/aromatic N) is 2. The number of hydrogen-bond donors (Lipinski definition) is 1. The van der Waals surface area contributed by atoms with Gasteiger partial charge in [0.15, 0.2) is 0 Å². The molecule has 1 aromatic carbocycles. The van der Waals surface area contributed by atoms with E-state index in [1.165, 1.54) is 10.4 Å². The second-order valence-corrected chi connectivity index (χ2v) is 9.57. The van der Waals surface area contributed by atoms with Gasteiger partial charge in [-0.3, -0.25) is 4.90 Å². The van der Waals surface area contributed by atoms with Crippen molar-refractivity contribution in [3.63, 3.8) is 0 Å². The Morgan fingerprint density at radius 3 is 2.58 bits per heavy atom. The zero-order valence-corrected chi connectivity index (χ0v) is 18.5. The van der Waals surface area contributed by atoms with E-state index < -0.39 is 0 Å². The summed E-state index contributed by atoms with van der Waals surface area (Å²) < 4.78 is 6.11. The molecule has 1 atom stereocenters. The molecule has 2 aliphatic rings. The quantitative estimate of drug-likeness (QED) is 0.581. The van der Waals surface area contributed by atoms with Crippen molar-refractivity contribution >= 4 is 28.7 Å². The molecule has 0 fully saturated rings. The van der Waals surface area contributed by atoms with E-state index in [0.29, 0.717) is 5.57 Å². The molecule has 154 valence electrons. The van der Waals surface area contributed by atoms with E-state index >= 15 is 0 Å². The van der Waals surface area contributed by atoms with Crippen LogP contribution in [0.3, 0.4) is 0 Å². The molecule has 0 saturated heterocycles. The van der Waals surface area contributed by atoms with Gasteiger partial charge in [-0.15, -0.1) is 22.7 Å². The number of thiophene rings is 2. The standard InChI is InChI=1S/C25H21N3OS2/c26-13-20-23(22-9-5-11-31-22)21-16-28(14-17-6-2-1-3-7-17)15-18(24(21)29-25(20)27)12-19-8-4-10-30-19/h1-12,23H,14-16,27H2/b18-12-/t23-/m1/s1. The minimum atomic E-state index is -0.168. The van der Waals surface area contributed by atoms with E-state index in [9.17, 15) is 5.26 Å². The summed E-state index contributed by atoms with van der Waals surface area (Å²) in [6.07, 6.45) is 2.19. The van der Waals surface area contributed by atoms with Crippen molar-refractivity contribution in [1.29, 1.82) is 5.26 Å². The summed E-state index contributed by atoms with van der Waals surface area (Å²) in [4.78, 5) is 4.70. The topological polar surface area (TPSA) is 62.3 Å². The third-order valence-corrected chi connectivity index (χ3v) is 7.30. The van der Waals surface area contributed by atoms with Crippen molar-refractivity contribution in [2.24, 2.45) is 5.73 Å². The van der Waals surface area contributed by atoms with Crippen LogP contribution >= 0.6 is 22.7 Å². The first kappa shape index (κ1) is 19.8. The molecule has 0 bridgehead atoms. The SMILES string of the molecule is N#CC1=C(N)OC2=C(CN(Cc3ccccc3)C/C2=C/c2cccs2)[C@@H]1c1cccs1. The van der Waals surface area contributed by atoms with Crippen LogP contribution in [0.25, 0.3) is 6.08 Å². The summed E-state index contributed by atoms with van der Waals surface area (Å²) in [6, 6.07) is 21.1. The van der Waals surface area contributed by atoms with E-state index in [0.717, 1.165) is 41.4 Å². The first-order valence-electron chi connectivity index (χ1n) is 10.1. The van der Waals surface area contributed by atoms with Crippen molar-refractivity contribution in [3.05, 3.63) is 109 Å². The highest BCUT2D eigenvalue weighted by atomic mass is 32.1. The van der Waals surface area contributed by atoms with E-state index in [4.69, 9.17) is 10.5 Å². The number of hydrogen-bond acceptors (Lipinski definition) is 6. The van der Waals surface area contributed by atoms with Crippen molar-refractivity contribution in [2.75, 3.05) is 13.1 Å². The molecule has 4 heterocycles. The molecule has 2 aromatic heterocycles. The maximum Gasteiger partial charge on any atom is 0.205 e. The molecule has 0 spiro atoms. The van der Waals surface area contributed by atoms with Crippen LogP contribution in [-0.2, 0) is 11.3 Å². The van der Waals surface area contributed by atoms with Gasteiger partial charge in [0.2, 0.25) is 5.88 Å². The Morgan fingerprint density at radius 1 is 1.06 bits per heavy atom. The summed E-state index contributed by atoms with van der Waals surface area (Å²) in [7, 11) is 0. The lowest BCUT2D eigenvalue weighted by molar-refractivity contribution is 0.230. The molecule has 2 aliphatic heterocycles. The van der Waals surface area contributed by atoms with Gasteiger partial charge in [0.1, 0.15) is 17.4 Å².